The van der Waals surface area contributed by atoms with Crippen LogP contribution < -0.4 is 14.8 Å². The molecule has 1 atom stereocenters. The molecule has 0 heterocycles. The molecule has 1 amide bonds. The first kappa shape index (κ1) is 19.2. The van der Waals surface area contributed by atoms with Crippen molar-refractivity contribution in [1.82, 2.24) is 9.62 Å². The zero-order chi connectivity index (χ0) is 17.6. The highest BCUT2D eigenvalue weighted by Gasteiger charge is 2.27. The van der Waals surface area contributed by atoms with Crippen LogP contribution in [0.5, 0.6) is 11.5 Å². The third-order valence-electron chi connectivity index (χ3n) is 3.45. The molecule has 0 aliphatic rings. The molecule has 0 fully saturated rings. The van der Waals surface area contributed by atoms with Gasteiger partial charge in [0, 0.05) is 19.2 Å². The van der Waals surface area contributed by atoms with Crippen molar-refractivity contribution in [3.8, 4) is 11.5 Å². The van der Waals surface area contributed by atoms with Gasteiger partial charge in [-0.15, -0.1) is 0 Å². The number of sulfonamides is 1. The van der Waals surface area contributed by atoms with Gasteiger partial charge < -0.3 is 14.8 Å². The van der Waals surface area contributed by atoms with Gasteiger partial charge in [-0.1, -0.05) is 6.92 Å². The van der Waals surface area contributed by atoms with Crippen LogP contribution in [0.25, 0.3) is 0 Å². The van der Waals surface area contributed by atoms with Gasteiger partial charge in [0.05, 0.1) is 20.8 Å². The van der Waals surface area contributed by atoms with E-state index < -0.39 is 10.0 Å². The second kappa shape index (κ2) is 8.16. The summed E-state index contributed by atoms with van der Waals surface area (Å²) in [6.45, 7) is 3.52. The average molecular weight is 344 g/mol. The zero-order valence-corrected chi connectivity index (χ0v) is 14.9. The lowest BCUT2D eigenvalue weighted by molar-refractivity contribution is -0.121. The maximum Gasteiger partial charge on any atom is 0.247 e. The fraction of sp³-hybridized carbons (Fsp3) is 0.533. The van der Waals surface area contributed by atoms with Crippen LogP contribution in [0.4, 0.5) is 0 Å². The summed E-state index contributed by atoms with van der Waals surface area (Å²) in [5.41, 5.74) is 0. The summed E-state index contributed by atoms with van der Waals surface area (Å²) < 4.78 is 36.5. The number of carbonyl (C=O) groups excluding carboxylic acids is 1. The Labute approximate surface area is 137 Å². The van der Waals surface area contributed by atoms with Gasteiger partial charge in [-0.05, 0) is 25.5 Å². The van der Waals surface area contributed by atoms with Gasteiger partial charge >= 0.3 is 0 Å². The molecule has 0 aliphatic heterocycles. The number of methoxy groups -OCH3 is 2. The summed E-state index contributed by atoms with van der Waals surface area (Å²) in [7, 11) is 0.299. The molecule has 0 aromatic heterocycles. The number of nitrogens with one attached hydrogen (secondary N) is 1. The lowest BCUT2D eigenvalue weighted by Crippen LogP contribution is -2.41. The van der Waals surface area contributed by atoms with E-state index in [0.29, 0.717) is 5.75 Å². The summed E-state index contributed by atoms with van der Waals surface area (Å²) in [6.07, 6.45) is 0.770. The van der Waals surface area contributed by atoms with E-state index >= 15 is 0 Å². The predicted molar refractivity (Wildman–Crippen MR) is 87.3 cm³/mol. The van der Waals surface area contributed by atoms with Crippen molar-refractivity contribution in [2.24, 2.45) is 0 Å². The molecular weight excluding hydrogens is 320 g/mol. The number of hydrogen-bond donors (Lipinski definition) is 1. The molecule has 1 aromatic carbocycles. The van der Waals surface area contributed by atoms with E-state index in [4.69, 9.17) is 9.47 Å². The van der Waals surface area contributed by atoms with Crippen molar-refractivity contribution in [2.45, 2.75) is 31.2 Å². The quantitative estimate of drug-likeness (QED) is 0.767. The van der Waals surface area contributed by atoms with E-state index in [2.05, 4.69) is 5.32 Å². The minimum absolute atomic E-state index is 0.00930. The van der Waals surface area contributed by atoms with Crippen molar-refractivity contribution < 1.29 is 22.7 Å². The van der Waals surface area contributed by atoms with Gasteiger partial charge in [-0.3, -0.25) is 4.79 Å². The maximum atomic E-state index is 12.7. The number of amides is 1. The molecule has 23 heavy (non-hydrogen) atoms. The number of likely N-dealkylation sites (N-methyl/N-ethyl adjacent to an activating group) is 1. The van der Waals surface area contributed by atoms with Crippen molar-refractivity contribution in [2.75, 3.05) is 27.8 Å². The highest BCUT2D eigenvalue weighted by Crippen LogP contribution is 2.29. The molecule has 1 aromatic rings. The fourth-order valence-corrected chi connectivity index (χ4v) is 3.16. The summed E-state index contributed by atoms with van der Waals surface area (Å²) in [5, 5.41) is 2.73. The van der Waals surface area contributed by atoms with Gasteiger partial charge in [-0.2, -0.15) is 4.31 Å². The van der Waals surface area contributed by atoms with E-state index in [9.17, 15) is 13.2 Å². The minimum atomic E-state index is -3.88. The monoisotopic (exact) mass is 344 g/mol. The Morgan fingerprint density at radius 2 is 1.96 bits per heavy atom. The molecule has 0 saturated carbocycles. The normalized spacial score (nSPS) is 12.8. The Balaban J connectivity index is 3.04. The van der Waals surface area contributed by atoms with Crippen molar-refractivity contribution in [1.29, 1.82) is 0 Å². The van der Waals surface area contributed by atoms with Gasteiger partial charge in [0.2, 0.25) is 15.9 Å². The molecule has 7 nitrogen and oxygen atoms in total. The van der Waals surface area contributed by atoms with Gasteiger partial charge in [0.1, 0.15) is 16.4 Å². The van der Waals surface area contributed by atoms with Crippen LogP contribution in [0.15, 0.2) is 23.1 Å². The molecule has 0 spiro atoms. The van der Waals surface area contributed by atoms with Crippen LogP contribution in [-0.2, 0) is 14.8 Å². The number of carbonyl (C=O) groups is 1. The number of ether oxygens (including phenoxy) is 2. The summed E-state index contributed by atoms with van der Waals surface area (Å²) in [6, 6.07) is 4.48. The maximum absolute atomic E-state index is 12.7. The highest BCUT2D eigenvalue weighted by atomic mass is 32.2. The number of nitrogens with zero attached hydrogens (tertiary/aromatic N) is 1. The third-order valence-corrected chi connectivity index (χ3v) is 5.27. The predicted octanol–water partition coefficient (Wildman–Crippen LogP) is 1.24. The topological polar surface area (TPSA) is 84.9 Å². The Hall–Kier alpha value is -1.80. The highest BCUT2D eigenvalue weighted by molar-refractivity contribution is 7.89. The van der Waals surface area contributed by atoms with E-state index in [-0.39, 0.29) is 29.1 Å². The summed E-state index contributed by atoms with van der Waals surface area (Å²) in [5.74, 6) is 0.231. The Bertz CT molecular complexity index is 645. The second-order valence-electron chi connectivity index (χ2n) is 5.15. The van der Waals surface area contributed by atoms with Crippen molar-refractivity contribution in [3.63, 3.8) is 0 Å². The molecule has 8 heteroatoms. The van der Waals surface area contributed by atoms with Gasteiger partial charge in [0.25, 0.3) is 0 Å². The first-order valence-corrected chi connectivity index (χ1v) is 8.68. The van der Waals surface area contributed by atoms with E-state index in [1.54, 1.807) is 6.07 Å². The van der Waals surface area contributed by atoms with Crippen LogP contribution in [0, 0.1) is 0 Å². The SMILES string of the molecule is CC[C@H](C)NC(=O)CN(C)S(=O)(=O)c1cc(OC)ccc1OC. The summed E-state index contributed by atoms with van der Waals surface area (Å²) in [4.78, 5) is 11.9. The first-order chi connectivity index (χ1) is 10.8. The van der Waals surface area contributed by atoms with Gasteiger partial charge in [0.15, 0.2) is 0 Å². The number of benzene rings is 1. The van der Waals surface area contributed by atoms with Crippen LogP contribution in [0.2, 0.25) is 0 Å². The van der Waals surface area contributed by atoms with Crippen LogP contribution >= 0.6 is 0 Å². The van der Waals surface area contributed by atoms with Gasteiger partial charge in [-0.25, -0.2) is 8.42 Å². The van der Waals surface area contributed by atoms with E-state index in [1.807, 2.05) is 13.8 Å². The molecule has 1 rings (SSSR count). The molecular formula is C15H24N2O5S. The Morgan fingerprint density at radius 3 is 2.48 bits per heavy atom. The standard InChI is InChI=1S/C15H24N2O5S/c1-6-11(2)16-15(18)10-17(3)23(19,20)14-9-12(21-4)7-8-13(14)22-5/h7-9,11H,6,10H2,1-5H3,(H,16,18)/t11-/m0/s1. The number of hydrogen-bond acceptors (Lipinski definition) is 5. The van der Waals surface area contributed by atoms with E-state index in [0.717, 1.165) is 10.7 Å². The minimum Gasteiger partial charge on any atom is -0.497 e. The largest absolute Gasteiger partial charge is 0.497 e. The Kier molecular flexibility index (Phi) is 6.83. The molecule has 130 valence electrons. The average Bonchev–Trinajstić information content (AvgIpc) is 2.53. The van der Waals surface area contributed by atoms with Crippen molar-refractivity contribution >= 4 is 15.9 Å². The van der Waals surface area contributed by atoms with Crippen LogP contribution in [0.3, 0.4) is 0 Å². The zero-order valence-electron chi connectivity index (χ0n) is 14.1. The van der Waals surface area contributed by atoms with Crippen molar-refractivity contribution in [3.05, 3.63) is 18.2 Å². The van der Waals surface area contributed by atoms with E-state index in [1.165, 1.54) is 33.4 Å². The summed E-state index contributed by atoms with van der Waals surface area (Å²) >= 11 is 0. The lowest BCUT2D eigenvalue weighted by Gasteiger charge is -2.20. The molecule has 0 unspecified atom stereocenters. The molecule has 0 saturated heterocycles. The lowest BCUT2D eigenvalue weighted by atomic mass is 10.2. The molecule has 0 radical (unpaired) electrons. The number of rotatable bonds is 8. The molecule has 1 N–H and O–H groups in total. The fourth-order valence-electron chi connectivity index (χ4n) is 1.86. The molecule has 0 bridgehead atoms. The van der Waals surface area contributed by atoms with Crippen LogP contribution in [-0.4, -0.2) is 52.5 Å². The van der Waals surface area contributed by atoms with Crippen LogP contribution in [0.1, 0.15) is 20.3 Å². The third kappa shape index (κ3) is 4.84. The second-order valence-corrected chi connectivity index (χ2v) is 7.17. The Morgan fingerprint density at radius 1 is 1.30 bits per heavy atom. The smallest absolute Gasteiger partial charge is 0.247 e. The molecule has 0 aliphatic carbocycles. The first-order valence-electron chi connectivity index (χ1n) is 7.24.